The predicted molar refractivity (Wildman–Crippen MR) is 147 cm³/mol. The van der Waals surface area contributed by atoms with Crippen LogP contribution in [0.5, 0.6) is 17.2 Å². The highest BCUT2D eigenvalue weighted by Crippen LogP contribution is 2.54. The molecule has 2 unspecified atom stereocenters. The lowest BCUT2D eigenvalue weighted by molar-refractivity contribution is -0.139. The van der Waals surface area contributed by atoms with Gasteiger partial charge in [0.15, 0.2) is 11.5 Å². The predicted octanol–water partition coefficient (Wildman–Crippen LogP) is 5.26. The molecule has 1 aromatic carbocycles. The maximum Gasteiger partial charge on any atom is 0.335 e. The van der Waals surface area contributed by atoms with Gasteiger partial charge in [0, 0.05) is 17.9 Å². The average molecular weight is 520 g/mol. The highest BCUT2D eigenvalue weighted by atomic mass is 16.5. The normalized spacial score (nSPS) is 21.9. The van der Waals surface area contributed by atoms with Crippen LogP contribution in [0.15, 0.2) is 58.7 Å². The van der Waals surface area contributed by atoms with E-state index in [1.807, 2.05) is 39.0 Å². The second-order valence-corrected chi connectivity index (χ2v) is 10.1. The first kappa shape index (κ1) is 27.3. The van der Waals surface area contributed by atoms with Crippen molar-refractivity contribution in [2.45, 2.75) is 53.0 Å². The minimum atomic E-state index is -0.559. The van der Waals surface area contributed by atoms with Crippen molar-refractivity contribution >= 4 is 17.4 Å². The van der Waals surface area contributed by atoms with Crippen LogP contribution in [0.25, 0.3) is 5.57 Å². The van der Waals surface area contributed by atoms with Crippen molar-refractivity contribution in [3.8, 4) is 17.2 Å². The molecule has 1 N–H and O–H groups in total. The Balaban J connectivity index is 2.04. The monoisotopic (exact) mass is 519 g/mol. The molecule has 0 saturated carbocycles. The molecule has 0 spiro atoms. The first-order valence-corrected chi connectivity index (χ1v) is 12.9. The zero-order chi connectivity index (χ0) is 27.8. The van der Waals surface area contributed by atoms with Crippen molar-refractivity contribution in [1.29, 1.82) is 0 Å². The molecule has 0 radical (unpaired) electrons. The minimum absolute atomic E-state index is 0.109. The molecule has 4 rings (SSSR count). The van der Waals surface area contributed by atoms with E-state index in [0.717, 1.165) is 39.0 Å². The van der Waals surface area contributed by atoms with E-state index in [9.17, 15) is 9.59 Å². The van der Waals surface area contributed by atoms with Gasteiger partial charge in [0.25, 0.3) is 0 Å². The van der Waals surface area contributed by atoms with E-state index < -0.39 is 5.41 Å². The van der Waals surface area contributed by atoms with Crippen molar-refractivity contribution in [1.82, 2.24) is 5.32 Å². The van der Waals surface area contributed by atoms with Crippen molar-refractivity contribution in [2.75, 3.05) is 27.9 Å². The molecule has 38 heavy (non-hydrogen) atoms. The van der Waals surface area contributed by atoms with Crippen LogP contribution >= 0.6 is 0 Å². The van der Waals surface area contributed by atoms with Crippen LogP contribution in [0.4, 0.5) is 0 Å². The number of benzene rings is 1. The van der Waals surface area contributed by atoms with Crippen LogP contribution in [0.2, 0.25) is 0 Å². The number of carbonyl (C=O) groups is 2. The van der Waals surface area contributed by atoms with Crippen LogP contribution in [-0.4, -0.2) is 45.9 Å². The van der Waals surface area contributed by atoms with E-state index in [-0.39, 0.29) is 24.5 Å². The molecule has 0 saturated heterocycles. The summed E-state index contributed by atoms with van der Waals surface area (Å²) in [7, 11) is 4.80. The van der Waals surface area contributed by atoms with Gasteiger partial charge in [0.05, 0.1) is 39.6 Å². The van der Waals surface area contributed by atoms with Gasteiger partial charge in [-0.1, -0.05) is 37.3 Å². The molecule has 0 fully saturated rings. The molecule has 3 aliphatic rings. The zero-order valence-corrected chi connectivity index (χ0v) is 23.4. The summed E-state index contributed by atoms with van der Waals surface area (Å²) >= 11 is 0. The van der Waals surface area contributed by atoms with E-state index >= 15 is 0 Å². The quantitative estimate of drug-likeness (QED) is 0.391. The number of ether oxygens (including phenoxy) is 4. The summed E-state index contributed by atoms with van der Waals surface area (Å²) in [4.78, 5) is 25.6. The summed E-state index contributed by atoms with van der Waals surface area (Å²) in [6.07, 6.45) is 8.12. The molecular formula is C31H37NO6. The Morgan fingerprint density at radius 2 is 1.76 bits per heavy atom. The Bertz CT molecular complexity index is 1330. The number of methoxy groups -OCH3 is 3. The van der Waals surface area contributed by atoms with E-state index in [4.69, 9.17) is 18.9 Å². The van der Waals surface area contributed by atoms with Crippen molar-refractivity contribution in [3.05, 3.63) is 69.9 Å². The van der Waals surface area contributed by atoms with Gasteiger partial charge in [-0.2, -0.15) is 0 Å². The summed E-state index contributed by atoms with van der Waals surface area (Å²) in [5.41, 5.74) is 6.58. The second kappa shape index (κ2) is 10.6. The Kier molecular flexibility index (Phi) is 7.58. The van der Waals surface area contributed by atoms with Gasteiger partial charge >= 0.3 is 5.97 Å². The first-order chi connectivity index (χ1) is 18.1. The maximum atomic E-state index is 13.3. The first-order valence-electron chi connectivity index (χ1n) is 12.9. The third-order valence-corrected chi connectivity index (χ3v) is 7.83. The molecule has 0 aliphatic heterocycles. The van der Waals surface area contributed by atoms with Gasteiger partial charge in [-0.25, -0.2) is 4.79 Å². The molecule has 7 heteroatoms. The maximum absolute atomic E-state index is 13.3. The van der Waals surface area contributed by atoms with Gasteiger partial charge in [0.1, 0.15) is 0 Å². The number of amides is 1. The third kappa shape index (κ3) is 4.44. The van der Waals surface area contributed by atoms with Gasteiger partial charge in [-0.3, -0.25) is 4.79 Å². The summed E-state index contributed by atoms with van der Waals surface area (Å²) in [5, 5.41) is 3.15. The average Bonchev–Trinajstić information content (AvgIpc) is 2.96. The Morgan fingerprint density at radius 3 is 2.34 bits per heavy atom. The molecule has 3 aliphatic carbocycles. The Morgan fingerprint density at radius 1 is 1.08 bits per heavy atom. The minimum Gasteiger partial charge on any atom is -0.493 e. The number of rotatable bonds is 7. The fourth-order valence-corrected chi connectivity index (χ4v) is 5.84. The van der Waals surface area contributed by atoms with Crippen LogP contribution < -0.4 is 19.5 Å². The van der Waals surface area contributed by atoms with Gasteiger partial charge in [0.2, 0.25) is 11.7 Å². The summed E-state index contributed by atoms with van der Waals surface area (Å²) in [6.45, 7) is 11.8. The van der Waals surface area contributed by atoms with E-state index in [2.05, 4.69) is 18.0 Å². The number of nitrogens with one attached hydrogen (secondary N) is 1. The van der Waals surface area contributed by atoms with Crippen LogP contribution in [0.3, 0.4) is 0 Å². The number of aryl methyl sites for hydroxylation is 1. The summed E-state index contributed by atoms with van der Waals surface area (Å²) < 4.78 is 22.7. The van der Waals surface area contributed by atoms with Gasteiger partial charge < -0.3 is 24.3 Å². The molecule has 7 nitrogen and oxygen atoms in total. The number of hydrogen-bond acceptors (Lipinski definition) is 6. The highest BCUT2D eigenvalue weighted by Gasteiger charge is 2.45. The standard InChI is InChI=1S/C31H37NO6/c1-9-38-30(34)27-21-11-12-22-23(14-20(21)16-31(27,5)17(2)3)24(32-18(4)33)13-10-19-15-25(35-6)28(36-7)29(37-8)26(19)22/h11-12,14-15,24H,2,9-10,13,16H2,1,3-8H3,(H,32,33). The molecule has 0 aromatic heterocycles. The number of esters is 1. The van der Waals surface area contributed by atoms with Crippen molar-refractivity contribution in [3.63, 3.8) is 0 Å². The van der Waals surface area contributed by atoms with E-state index in [1.165, 1.54) is 6.92 Å². The molecule has 202 valence electrons. The molecule has 2 atom stereocenters. The number of carbonyl (C=O) groups excluding carboxylic acids is 2. The van der Waals surface area contributed by atoms with Crippen LogP contribution in [-0.2, 0) is 20.7 Å². The van der Waals surface area contributed by atoms with Crippen molar-refractivity contribution < 1.29 is 28.5 Å². The topological polar surface area (TPSA) is 83.1 Å². The fourth-order valence-electron chi connectivity index (χ4n) is 5.84. The Labute approximate surface area is 224 Å². The van der Waals surface area contributed by atoms with E-state index in [1.54, 1.807) is 21.3 Å². The smallest absolute Gasteiger partial charge is 0.335 e. The lowest BCUT2D eigenvalue weighted by atomic mass is 9.76. The van der Waals surface area contributed by atoms with Crippen LogP contribution in [0, 0.1) is 5.41 Å². The molecule has 1 aromatic rings. The lowest BCUT2D eigenvalue weighted by Crippen LogP contribution is -2.34. The summed E-state index contributed by atoms with van der Waals surface area (Å²) in [6, 6.07) is 1.74. The van der Waals surface area contributed by atoms with Gasteiger partial charge in [-0.15, -0.1) is 0 Å². The highest BCUT2D eigenvalue weighted by molar-refractivity contribution is 5.97. The molecule has 0 bridgehead atoms. The molecular weight excluding hydrogens is 482 g/mol. The van der Waals surface area contributed by atoms with Crippen molar-refractivity contribution in [2.24, 2.45) is 5.41 Å². The second-order valence-electron chi connectivity index (χ2n) is 10.1. The molecule has 0 heterocycles. The Hall–Kier alpha value is -3.74. The fraction of sp³-hybridized carbons (Fsp3) is 0.419. The number of fused-ring (bicyclic) bond motifs is 3. The number of allylic oxidation sites excluding steroid dienone is 6. The summed E-state index contributed by atoms with van der Waals surface area (Å²) in [5.74, 6) is 1.22. The number of hydrogen-bond donors (Lipinski definition) is 1. The van der Waals surface area contributed by atoms with Crippen LogP contribution in [0.1, 0.15) is 51.7 Å². The van der Waals surface area contributed by atoms with Gasteiger partial charge in [-0.05, 0) is 67.0 Å². The SMILES string of the molecule is C=C(C)C1(C)CC2=CC3=C(C=CC2=C1C(=O)OCC)c1c(cc(OC)c(OC)c1OC)CCC3NC(C)=O. The third-order valence-electron chi connectivity index (χ3n) is 7.83. The molecule has 1 amide bonds. The zero-order valence-electron chi connectivity index (χ0n) is 23.4. The largest absolute Gasteiger partial charge is 0.493 e. The lowest BCUT2D eigenvalue weighted by Gasteiger charge is -2.27. The van der Waals surface area contributed by atoms with E-state index in [0.29, 0.717) is 42.1 Å².